The number of carbonyl (C=O) groups excluding carboxylic acids is 1. The second kappa shape index (κ2) is 6.36. The lowest BCUT2D eigenvalue weighted by Gasteiger charge is -2.31. The van der Waals surface area contributed by atoms with E-state index in [0.717, 1.165) is 25.7 Å². The van der Waals surface area contributed by atoms with Gasteiger partial charge in [0.25, 0.3) is 0 Å². The standard InChI is InChI=1S/C13H26N2O2/c1-3-13(2,7-8-16)15-12(17)11-6-4-5-10(11)9-14/h10-11,16H,3-9,14H2,1-2H3,(H,15,17). The molecule has 3 unspecified atom stereocenters. The molecule has 4 N–H and O–H groups in total. The van der Waals surface area contributed by atoms with E-state index in [9.17, 15) is 4.79 Å². The number of hydrogen-bond donors (Lipinski definition) is 3. The van der Waals surface area contributed by atoms with Crippen LogP contribution < -0.4 is 11.1 Å². The zero-order chi connectivity index (χ0) is 12.9. The van der Waals surface area contributed by atoms with Gasteiger partial charge in [-0.2, -0.15) is 0 Å². The first-order chi connectivity index (χ1) is 8.06. The summed E-state index contributed by atoms with van der Waals surface area (Å²) in [5.41, 5.74) is 5.41. The fourth-order valence-corrected chi connectivity index (χ4v) is 2.63. The van der Waals surface area contributed by atoms with Crippen molar-refractivity contribution in [1.82, 2.24) is 5.32 Å². The largest absolute Gasteiger partial charge is 0.396 e. The number of aliphatic hydroxyl groups excluding tert-OH is 1. The van der Waals surface area contributed by atoms with E-state index >= 15 is 0 Å². The second-order valence-corrected chi connectivity index (χ2v) is 5.41. The van der Waals surface area contributed by atoms with Gasteiger partial charge in [0.2, 0.25) is 5.91 Å². The Kier molecular flexibility index (Phi) is 5.40. The number of rotatable bonds is 6. The van der Waals surface area contributed by atoms with Crippen LogP contribution >= 0.6 is 0 Å². The maximum atomic E-state index is 12.2. The van der Waals surface area contributed by atoms with Gasteiger partial charge in [-0.1, -0.05) is 13.3 Å². The van der Waals surface area contributed by atoms with Gasteiger partial charge < -0.3 is 16.2 Å². The highest BCUT2D eigenvalue weighted by molar-refractivity contribution is 5.80. The number of aliphatic hydroxyl groups is 1. The van der Waals surface area contributed by atoms with Gasteiger partial charge in [0.05, 0.1) is 0 Å². The number of hydrogen-bond acceptors (Lipinski definition) is 3. The Balaban J connectivity index is 2.58. The Morgan fingerprint density at radius 1 is 1.53 bits per heavy atom. The lowest BCUT2D eigenvalue weighted by molar-refractivity contribution is -0.128. The number of amides is 1. The number of carbonyl (C=O) groups is 1. The highest BCUT2D eigenvalue weighted by Crippen LogP contribution is 2.31. The van der Waals surface area contributed by atoms with Crippen molar-refractivity contribution in [3.05, 3.63) is 0 Å². The molecule has 4 nitrogen and oxygen atoms in total. The molecule has 0 saturated heterocycles. The van der Waals surface area contributed by atoms with Crippen LogP contribution in [0.3, 0.4) is 0 Å². The molecular weight excluding hydrogens is 216 g/mol. The predicted octanol–water partition coefficient (Wildman–Crippen LogP) is 1.03. The maximum Gasteiger partial charge on any atom is 0.223 e. The molecule has 0 heterocycles. The summed E-state index contributed by atoms with van der Waals surface area (Å²) in [7, 11) is 0. The Bertz CT molecular complexity index is 258. The molecule has 1 amide bonds. The van der Waals surface area contributed by atoms with Crippen LogP contribution in [0.1, 0.15) is 46.0 Å². The molecule has 0 aromatic heterocycles. The van der Waals surface area contributed by atoms with Crippen molar-refractivity contribution < 1.29 is 9.90 Å². The van der Waals surface area contributed by atoms with Crippen LogP contribution in [0.15, 0.2) is 0 Å². The molecule has 0 spiro atoms. The predicted molar refractivity (Wildman–Crippen MR) is 68.4 cm³/mol. The van der Waals surface area contributed by atoms with Crippen LogP contribution in [0.25, 0.3) is 0 Å². The summed E-state index contributed by atoms with van der Waals surface area (Å²) in [6, 6.07) is 0. The van der Waals surface area contributed by atoms with E-state index in [1.165, 1.54) is 0 Å². The van der Waals surface area contributed by atoms with Gasteiger partial charge in [0.1, 0.15) is 0 Å². The monoisotopic (exact) mass is 242 g/mol. The van der Waals surface area contributed by atoms with Crippen LogP contribution in [-0.2, 0) is 4.79 Å². The average Bonchev–Trinajstić information content (AvgIpc) is 2.77. The summed E-state index contributed by atoms with van der Waals surface area (Å²) < 4.78 is 0. The summed E-state index contributed by atoms with van der Waals surface area (Å²) in [4.78, 5) is 12.2. The van der Waals surface area contributed by atoms with Crippen LogP contribution in [-0.4, -0.2) is 29.7 Å². The molecule has 1 saturated carbocycles. The fraction of sp³-hybridized carbons (Fsp3) is 0.923. The molecule has 0 radical (unpaired) electrons. The van der Waals surface area contributed by atoms with Gasteiger partial charge in [0.15, 0.2) is 0 Å². The van der Waals surface area contributed by atoms with E-state index in [1.807, 2.05) is 13.8 Å². The molecule has 1 aliphatic carbocycles. The first-order valence-corrected chi connectivity index (χ1v) is 6.69. The molecule has 3 atom stereocenters. The SMILES string of the molecule is CCC(C)(CCO)NC(=O)C1CCCC1CN. The quantitative estimate of drug-likeness (QED) is 0.651. The van der Waals surface area contributed by atoms with Gasteiger partial charge in [0, 0.05) is 18.1 Å². The molecule has 0 aliphatic heterocycles. The lowest BCUT2D eigenvalue weighted by atomic mass is 9.90. The fourth-order valence-electron chi connectivity index (χ4n) is 2.63. The highest BCUT2D eigenvalue weighted by atomic mass is 16.3. The van der Waals surface area contributed by atoms with Crippen molar-refractivity contribution >= 4 is 5.91 Å². The normalized spacial score (nSPS) is 27.8. The lowest BCUT2D eigenvalue weighted by Crippen LogP contribution is -2.49. The van der Waals surface area contributed by atoms with Gasteiger partial charge in [-0.05, 0) is 45.1 Å². The van der Waals surface area contributed by atoms with Crippen LogP contribution in [0.5, 0.6) is 0 Å². The third-order valence-corrected chi connectivity index (χ3v) is 4.17. The molecule has 17 heavy (non-hydrogen) atoms. The minimum absolute atomic E-state index is 0.0737. The van der Waals surface area contributed by atoms with Gasteiger partial charge in [-0.25, -0.2) is 0 Å². The number of nitrogens with one attached hydrogen (secondary N) is 1. The molecule has 1 fully saturated rings. The van der Waals surface area contributed by atoms with E-state index in [0.29, 0.717) is 18.9 Å². The molecule has 0 aromatic carbocycles. The maximum absolute atomic E-state index is 12.2. The Morgan fingerprint density at radius 3 is 2.76 bits per heavy atom. The Hall–Kier alpha value is -0.610. The molecule has 100 valence electrons. The second-order valence-electron chi connectivity index (χ2n) is 5.41. The topological polar surface area (TPSA) is 75.3 Å². The molecule has 1 rings (SSSR count). The third-order valence-electron chi connectivity index (χ3n) is 4.17. The summed E-state index contributed by atoms with van der Waals surface area (Å²) in [5, 5.41) is 12.1. The van der Waals surface area contributed by atoms with Crippen molar-refractivity contribution in [2.75, 3.05) is 13.2 Å². The van der Waals surface area contributed by atoms with E-state index in [4.69, 9.17) is 10.8 Å². The van der Waals surface area contributed by atoms with E-state index in [2.05, 4.69) is 5.32 Å². The number of nitrogens with two attached hydrogens (primary N) is 1. The zero-order valence-corrected chi connectivity index (χ0v) is 11.0. The van der Waals surface area contributed by atoms with E-state index in [1.54, 1.807) is 0 Å². The van der Waals surface area contributed by atoms with Crippen molar-refractivity contribution in [1.29, 1.82) is 0 Å². The van der Waals surface area contributed by atoms with Crippen molar-refractivity contribution in [2.24, 2.45) is 17.6 Å². The van der Waals surface area contributed by atoms with Gasteiger partial charge in [-0.3, -0.25) is 4.79 Å². The first-order valence-electron chi connectivity index (χ1n) is 6.69. The zero-order valence-electron chi connectivity index (χ0n) is 11.0. The molecule has 0 bridgehead atoms. The Morgan fingerprint density at radius 2 is 2.24 bits per heavy atom. The summed E-state index contributed by atoms with van der Waals surface area (Å²) >= 11 is 0. The van der Waals surface area contributed by atoms with Gasteiger partial charge >= 0.3 is 0 Å². The molecule has 4 heteroatoms. The minimum atomic E-state index is -0.284. The smallest absolute Gasteiger partial charge is 0.223 e. The third kappa shape index (κ3) is 3.68. The average molecular weight is 242 g/mol. The van der Waals surface area contributed by atoms with Crippen molar-refractivity contribution in [2.45, 2.75) is 51.5 Å². The van der Waals surface area contributed by atoms with Crippen molar-refractivity contribution in [3.63, 3.8) is 0 Å². The Labute approximate surface area is 104 Å². The molecule has 1 aliphatic rings. The van der Waals surface area contributed by atoms with Crippen LogP contribution in [0.4, 0.5) is 0 Å². The molecule has 0 aromatic rings. The van der Waals surface area contributed by atoms with Gasteiger partial charge in [-0.15, -0.1) is 0 Å². The first kappa shape index (κ1) is 14.5. The summed E-state index contributed by atoms with van der Waals surface area (Å²) in [6.07, 6.45) is 4.56. The van der Waals surface area contributed by atoms with Crippen LogP contribution in [0, 0.1) is 11.8 Å². The van der Waals surface area contributed by atoms with Crippen LogP contribution in [0.2, 0.25) is 0 Å². The highest BCUT2D eigenvalue weighted by Gasteiger charge is 2.34. The van der Waals surface area contributed by atoms with E-state index in [-0.39, 0.29) is 24.0 Å². The van der Waals surface area contributed by atoms with Crippen molar-refractivity contribution in [3.8, 4) is 0 Å². The summed E-state index contributed by atoms with van der Waals surface area (Å²) in [5.74, 6) is 0.533. The summed E-state index contributed by atoms with van der Waals surface area (Å²) in [6.45, 7) is 4.73. The molecular formula is C13H26N2O2. The van der Waals surface area contributed by atoms with E-state index < -0.39 is 0 Å². The minimum Gasteiger partial charge on any atom is -0.396 e.